The summed E-state index contributed by atoms with van der Waals surface area (Å²) in [7, 11) is 0. The van der Waals surface area contributed by atoms with E-state index in [1.165, 1.54) is 23.1 Å². The molecule has 0 N–H and O–H groups in total. The minimum absolute atomic E-state index is 0.129. The molecule has 2 rings (SSSR count). The molecular weight excluding hydrogens is 313 g/mol. The third-order valence-electron chi connectivity index (χ3n) is 3.50. The van der Waals surface area contributed by atoms with Crippen LogP contribution in [0.4, 0.5) is 10.1 Å². The van der Waals surface area contributed by atoms with E-state index in [1.54, 1.807) is 0 Å². The summed E-state index contributed by atoms with van der Waals surface area (Å²) in [5.74, 6) is -1.27. The molecule has 0 aliphatic carbocycles. The number of Topliss-reactive ketones (excluding diaryl/α,β-unsaturated/α-hetero) is 1. The van der Waals surface area contributed by atoms with Crippen molar-refractivity contribution >= 4 is 33.3 Å². The van der Waals surface area contributed by atoms with Crippen molar-refractivity contribution in [1.29, 1.82) is 0 Å². The second-order valence-corrected chi connectivity index (χ2v) is 5.69. The first-order valence-electron chi connectivity index (χ1n) is 6.18. The van der Waals surface area contributed by atoms with Crippen molar-refractivity contribution in [2.45, 2.75) is 13.8 Å². The average Bonchev–Trinajstić information content (AvgIpc) is 2.61. The van der Waals surface area contributed by atoms with E-state index in [-0.39, 0.29) is 17.2 Å². The summed E-state index contributed by atoms with van der Waals surface area (Å²) in [6.45, 7) is 4.43. The first-order valence-corrected chi connectivity index (χ1v) is 7.30. The fourth-order valence-corrected chi connectivity index (χ4v) is 3.11. The van der Waals surface area contributed by atoms with E-state index in [2.05, 4.69) is 15.9 Å². The van der Waals surface area contributed by atoms with Crippen molar-refractivity contribution in [2.75, 3.05) is 16.8 Å². The number of benzene rings is 1. The molecule has 3 nitrogen and oxygen atoms in total. The van der Waals surface area contributed by atoms with E-state index in [0.717, 1.165) is 0 Å². The van der Waals surface area contributed by atoms with Crippen LogP contribution < -0.4 is 4.90 Å². The lowest BCUT2D eigenvalue weighted by Crippen LogP contribution is -2.36. The zero-order chi connectivity index (χ0) is 14.2. The third kappa shape index (κ3) is 2.43. The number of halogens is 2. The van der Waals surface area contributed by atoms with Gasteiger partial charge in [0.05, 0.1) is 11.3 Å². The topological polar surface area (TPSA) is 37.4 Å². The number of anilines is 1. The number of para-hydroxylation sites is 1. The van der Waals surface area contributed by atoms with Crippen LogP contribution in [-0.2, 0) is 4.79 Å². The molecule has 0 saturated heterocycles. The maximum absolute atomic E-state index is 13.9. The summed E-state index contributed by atoms with van der Waals surface area (Å²) in [4.78, 5) is 25.1. The zero-order valence-electron chi connectivity index (χ0n) is 10.8. The van der Waals surface area contributed by atoms with Gasteiger partial charge in [0.25, 0.3) is 11.7 Å². The van der Waals surface area contributed by atoms with E-state index in [4.69, 9.17) is 0 Å². The van der Waals surface area contributed by atoms with Crippen LogP contribution in [0.25, 0.3) is 0 Å². The largest absolute Gasteiger partial charge is 0.302 e. The highest BCUT2D eigenvalue weighted by molar-refractivity contribution is 9.09. The molecule has 0 bridgehead atoms. The highest BCUT2D eigenvalue weighted by Crippen LogP contribution is 2.33. The van der Waals surface area contributed by atoms with Gasteiger partial charge in [-0.1, -0.05) is 35.8 Å². The number of nitrogens with zero attached hydrogens (tertiary/aromatic N) is 1. The Hall–Kier alpha value is -1.23. The van der Waals surface area contributed by atoms with Crippen LogP contribution in [0.15, 0.2) is 18.2 Å². The Labute approximate surface area is 119 Å². The Morgan fingerprint density at radius 1 is 1.32 bits per heavy atom. The number of fused-ring (bicyclic) bond motifs is 1. The predicted octanol–water partition coefficient (Wildman–Crippen LogP) is 3.02. The van der Waals surface area contributed by atoms with Crippen LogP contribution in [0.5, 0.6) is 0 Å². The summed E-state index contributed by atoms with van der Waals surface area (Å²) >= 11 is 3.40. The first kappa shape index (κ1) is 14.2. The minimum atomic E-state index is -0.633. The molecule has 19 heavy (non-hydrogen) atoms. The molecule has 0 fully saturated rings. The molecule has 1 aliphatic heterocycles. The molecule has 1 atom stereocenters. The van der Waals surface area contributed by atoms with Gasteiger partial charge in [-0.05, 0) is 24.0 Å². The van der Waals surface area contributed by atoms with Crippen LogP contribution in [0, 0.1) is 17.7 Å². The monoisotopic (exact) mass is 327 g/mol. The summed E-state index contributed by atoms with van der Waals surface area (Å²) in [6, 6.07) is 4.22. The molecule has 0 aromatic heterocycles. The van der Waals surface area contributed by atoms with Gasteiger partial charge in [0.1, 0.15) is 5.82 Å². The van der Waals surface area contributed by atoms with Crippen LogP contribution in [-0.4, -0.2) is 23.6 Å². The number of amides is 1. The fourth-order valence-electron chi connectivity index (χ4n) is 2.16. The molecule has 0 radical (unpaired) electrons. The second kappa shape index (κ2) is 5.41. The van der Waals surface area contributed by atoms with Crippen molar-refractivity contribution in [3.8, 4) is 0 Å². The van der Waals surface area contributed by atoms with Gasteiger partial charge in [0.2, 0.25) is 0 Å². The molecule has 1 aliphatic rings. The second-order valence-electron chi connectivity index (χ2n) is 5.04. The summed E-state index contributed by atoms with van der Waals surface area (Å²) in [5, 5.41) is 0.701. The fraction of sp³-hybridized carbons (Fsp3) is 0.429. The number of hydrogen-bond donors (Lipinski definition) is 0. The SMILES string of the molecule is CC(C)C(CBr)CN1C(=O)C(=O)c2cccc(F)c21. The molecule has 1 aromatic rings. The summed E-state index contributed by atoms with van der Waals surface area (Å²) < 4.78 is 13.9. The quantitative estimate of drug-likeness (QED) is 0.629. The summed E-state index contributed by atoms with van der Waals surface area (Å²) in [5.41, 5.74) is 0.297. The molecule has 1 aromatic carbocycles. The Bertz CT molecular complexity index is 530. The normalized spacial score (nSPS) is 16.2. The highest BCUT2D eigenvalue weighted by Gasteiger charge is 2.38. The minimum Gasteiger partial charge on any atom is -0.302 e. The predicted molar refractivity (Wildman–Crippen MR) is 75.2 cm³/mol. The lowest BCUT2D eigenvalue weighted by Gasteiger charge is -2.25. The van der Waals surface area contributed by atoms with Gasteiger partial charge in [-0.3, -0.25) is 9.59 Å². The van der Waals surface area contributed by atoms with Gasteiger partial charge in [-0.15, -0.1) is 0 Å². The van der Waals surface area contributed by atoms with Gasteiger partial charge in [0.15, 0.2) is 0 Å². The van der Waals surface area contributed by atoms with Gasteiger partial charge < -0.3 is 4.90 Å². The lowest BCUT2D eigenvalue weighted by molar-refractivity contribution is -0.114. The number of rotatable bonds is 4. The Morgan fingerprint density at radius 3 is 2.58 bits per heavy atom. The molecule has 5 heteroatoms. The number of hydrogen-bond acceptors (Lipinski definition) is 2. The molecule has 0 spiro atoms. The highest BCUT2D eigenvalue weighted by atomic mass is 79.9. The van der Waals surface area contributed by atoms with Crippen LogP contribution in [0.2, 0.25) is 0 Å². The average molecular weight is 328 g/mol. The number of alkyl halides is 1. The van der Waals surface area contributed by atoms with Crippen molar-refractivity contribution in [3.63, 3.8) is 0 Å². The lowest BCUT2D eigenvalue weighted by atomic mass is 9.97. The van der Waals surface area contributed by atoms with Crippen molar-refractivity contribution in [2.24, 2.45) is 11.8 Å². The van der Waals surface area contributed by atoms with E-state index in [0.29, 0.717) is 17.8 Å². The molecule has 0 saturated carbocycles. The van der Waals surface area contributed by atoms with Gasteiger partial charge in [-0.2, -0.15) is 0 Å². The Balaban J connectivity index is 2.38. The molecule has 1 heterocycles. The molecule has 102 valence electrons. The molecule has 1 amide bonds. The van der Waals surface area contributed by atoms with Crippen molar-refractivity contribution < 1.29 is 14.0 Å². The standard InChI is InChI=1S/C14H15BrFNO2/c1-8(2)9(6-15)7-17-12-10(13(18)14(17)19)4-3-5-11(12)16/h3-5,8-9H,6-7H2,1-2H3. The maximum atomic E-state index is 13.9. The van der Waals surface area contributed by atoms with Crippen molar-refractivity contribution in [1.82, 2.24) is 0 Å². The molecular formula is C14H15BrFNO2. The van der Waals surface area contributed by atoms with Crippen molar-refractivity contribution in [3.05, 3.63) is 29.6 Å². The molecule has 1 unspecified atom stereocenters. The zero-order valence-corrected chi connectivity index (χ0v) is 12.4. The van der Waals surface area contributed by atoms with Crippen LogP contribution in [0.3, 0.4) is 0 Å². The van der Waals surface area contributed by atoms with Gasteiger partial charge in [-0.25, -0.2) is 4.39 Å². The van der Waals surface area contributed by atoms with E-state index in [9.17, 15) is 14.0 Å². The van der Waals surface area contributed by atoms with E-state index < -0.39 is 17.5 Å². The van der Waals surface area contributed by atoms with E-state index >= 15 is 0 Å². The van der Waals surface area contributed by atoms with Crippen LogP contribution in [0.1, 0.15) is 24.2 Å². The number of ketones is 1. The third-order valence-corrected chi connectivity index (χ3v) is 4.33. The van der Waals surface area contributed by atoms with Crippen LogP contribution >= 0.6 is 15.9 Å². The summed E-state index contributed by atoms with van der Waals surface area (Å²) in [6.07, 6.45) is 0. The first-order chi connectivity index (χ1) is 8.97. The van der Waals surface area contributed by atoms with Gasteiger partial charge >= 0.3 is 0 Å². The maximum Gasteiger partial charge on any atom is 0.299 e. The Kier molecular flexibility index (Phi) is 4.04. The van der Waals surface area contributed by atoms with E-state index in [1.807, 2.05) is 13.8 Å². The van der Waals surface area contributed by atoms with Gasteiger partial charge in [0, 0.05) is 11.9 Å². The Morgan fingerprint density at radius 2 is 2.00 bits per heavy atom. The number of carbonyl (C=O) groups is 2. The number of carbonyl (C=O) groups excluding carboxylic acids is 2. The smallest absolute Gasteiger partial charge is 0.299 e.